The summed E-state index contributed by atoms with van der Waals surface area (Å²) in [7, 11) is 0. The fourth-order valence-corrected chi connectivity index (χ4v) is 3.40. The maximum absolute atomic E-state index is 12.7. The molecule has 1 aliphatic rings. The second-order valence-electron chi connectivity index (χ2n) is 6.51. The lowest BCUT2D eigenvalue weighted by molar-refractivity contribution is 0.0731. The van der Waals surface area contributed by atoms with Gasteiger partial charge in [-0.15, -0.1) is 0 Å². The van der Waals surface area contributed by atoms with Crippen LogP contribution in [0.15, 0.2) is 54.9 Å². The number of carbonyl (C=O) groups excluding carboxylic acids is 1. The highest BCUT2D eigenvalue weighted by Crippen LogP contribution is 2.19. The normalized spacial score (nSPS) is 18.2. The third-order valence-corrected chi connectivity index (χ3v) is 4.65. The van der Waals surface area contributed by atoms with Crippen molar-refractivity contribution in [3.63, 3.8) is 0 Å². The fourth-order valence-electron chi connectivity index (χ4n) is 3.40. The van der Waals surface area contributed by atoms with Crippen molar-refractivity contribution in [3.8, 4) is 0 Å². The Morgan fingerprint density at radius 1 is 1.28 bits per heavy atom. The molecule has 1 aromatic carbocycles. The van der Waals surface area contributed by atoms with Gasteiger partial charge in [0.05, 0.1) is 13.2 Å². The number of nitrogens with zero attached hydrogens (tertiary/aromatic N) is 2. The molecule has 2 aromatic heterocycles. The molecule has 3 heterocycles. The van der Waals surface area contributed by atoms with E-state index in [-0.39, 0.29) is 11.8 Å². The highest BCUT2D eigenvalue weighted by atomic mass is 16.5. The molecule has 0 unspecified atom stereocenters. The Hall–Kier alpha value is -2.66. The minimum Gasteiger partial charge on any atom is -0.379 e. The van der Waals surface area contributed by atoms with Crippen molar-refractivity contribution < 1.29 is 9.53 Å². The fraction of sp³-hybridized carbons (Fsp3) is 0.300. The van der Waals surface area contributed by atoms with Gasteiger partial charge in [-0.25, -0.2) is 0 Å². The summed E-state index contributed by atoms with van der Waals surface area (Å²) in [5.41, 5.74) is 2.91. The Labute approximate surface area is 146 Å². The zero-order chi connectivity index (χ0) is 17.1. The first kappa shape index (κ1) is 15.8. The third-order valence-electron chi connectivity index (χ3n) is 4.65. The van der Waals surface area contributed by atoms with E-state index in [0.717, 1.165) is 11.9 Å². The molecule has 25 heavy (non-hydrogen) atoms. The standard InChI is InChI=1S/C20H21N3O2/c24-20(19-3-1-2-7-21-19)23-9-10-25-14-16(13-23)11-15-4-5-18-17(12-15)6-8-22-18/h1-8,12,16,22H,9-11,13-14H2/t16-/m0/s1. The zero-order valence-corrected chi connectivity index (χ0v) is 14.0. The van der Waals surface area contributed by atoms with Crippen LogP contribution < -0.4 is 0 Å². The molecule has 3 aromatic rings. The zero-order valence-electron chi connectivity index (χ0n) is 14.0. The van der Waals surface area contributed by atoms with Crippen LogP contribution in [0.1, 0.15) is 16.1 Å². The molecule has 1 amide bonds. The first-order valence-electron chi connectivity index (χ1n) is 8.64. The second-order valence-corrected chi connectivity index (χ2v) is 6.51. The Balaban J connectivity index is 1.48. The number of aromatic nitrogens is 2. The Kier molecular flexibility index (Phi) is 4.48. The molecule has 0 aliphatic carbocycles. The van der Waals surface area contributed by atoms with Crippen molar-refractivity contribution in [3.05, 3.63) is 66.1 Å². The van der Waals surface area contributed by atoms with Gasteiger partial charge < -0.3 is 14.6 Å². The Morgan fingerprint density at radius 2 is 2.24 bits per heavy atom. The molecular formula is C20H21N3O2. The maximum atomic E-state index is 12.7. The number of hydrogen-bond acceptors (Lipinski definition) is 3. The maximum Gasteiger partial charge on any atom is 0.272 e. The summed E-state index contributed by atoms with van der Waals surface area (Å²) in [5.74, 6) is 0.267. The Bertz CT molecular complexity index is 860. The monoisotopic (exact) mass is 335 g/mol. The largest absolute Gasteiger partial charge is 0.379 e. The van der Waals surface area contributed by atoms with Gasteiger partial charge in [-0.3, -0.25) is 9.78 Å². The van der Waals surface area contributed by atoms with Crippen molar-refractivity contribution >= 4 is 16.8 Å². The minimum absolute atomic E-state index is 0.0165. The molecule has 1 saturated heterocycles. The molecule has 4 rings (SSSR count). The topological polar surface area (TPSA) is 58.2 Å². The predicted molar refractivity (Wildman–Crippen MR) is 96.5 cm³/mol. The molecule has 0 bridgehead atoms. The van der Waals surface area contributed by atoms with Crippen LogP contribution in [0.5, 0.6) is 0 Å². The summed E-state index contributed by atoms with van der Waals surface area (Å²) in [6.45, 7) is 2.56. The number of fused-ring (bicyclic) bond motifs is 1. The Morgan fingerprint density at radius 3 is 3.12 bits per heavy atom. The van der Waals surface area contributed by atoms with E-state index in [1.54, 1.807) is 12.3 Å². The number of nitrogens with one attached hydrogen (secondary N) is 1. The number of benzene rings is 1. The number of H-pyrrole nitrogens is 1. The van der Waals surface area contributed by atoms with Crippen molar-refractivity contribution in [1.29, 1.82) is 0 Å². The molecule has 1 fully saturated rings. The average Bonchev–Trinajstić information content (AvgIpc) is 2.99. The van der Waals surface area contributed by atoms with Crippen LogP contribution in [0.4, 0.5) is 0 Å². The van der Waals surface area contributed by atoms with Crippen molar-refractivity contribution in [2.75, 3.05) is 26.3 Å². The summed E-state index contributed by atoms with van der Waals surface area (Å²) in [5, 5.41) is 1.22. The number of aromatic amines is 1. The van der Waals surface area contributed by atoms with Crippen molar-refractivity contribution in [2.45, 2.75) is 6.42 Å². The van der Waals surface area contributed by atoms with Gasteiger partial charge in [0, 0.05) is 36.9 Å². The quantitative estimate of drug-likeness (QED) is 0.801. The smallest absolute Gasteiger partial charge is 0.272 e. The van der Waals surface area contributed by atoms with Gasteiger partial charge >= 0.3 is 0 Å². The summed E-state index contributed by atoms with van der Waals surface area (Å²) >= 11 is 0. The van der Waals surface area contributed by atoms with Crippen LogP contribution in [-0.4, -0.2) is 47.1 Å². The van der Waals surface area contributed by atoms with E-state index >= 15 is 0 Å². The van der Waals surface area contributed by atoms with Crippen LogP contribution in [0.25, 0.3) is 10.9 Å². The van der Waals surface area contributed by atoms with Gasteiger partial charge in [0.1, 0.15) is 5.69 Å². The van der Waals surface area contributed by atoms with E-state index in [2.05, 4.69) is 34.2 Å². The molecule has 5 nitrogen and oxygen atoms in total. The van der Waals surface area contributed by atoms with E-state index < -0.39 is 0 Å². The minimum atomic E-state index is -0.0165. The van der Waals surface area contributed by atoms with Crippen molar-refractivity contribution in [2.24, 2.45) is 5.92 Å². The molecule has 128 valence electrons. The highest BCUT2D eigenvalue weighted by Gasteiger charge is 2.24. The third kappa shape index (κ3) is 3.56. The molecule has 1 N–H and O–H groups in total. The SMILES string of the molecule is O=C(c1ccccn1)N1CCOC[C@@H](Cc2ccc3[nH]ccc3c2)C1. The lowest BCUT2D eigenvalue weighted by atomic mass is 9.98. The van der Waals surface area contributed by atoms with Gasteiger partial charge in [0.25, 0.3) is 5.91 Å². The van der Waals surface area contributed by atoms with Crippen molar-refractivity contribution in [1.82, 2.24) is 14.9 Å². The summed E-state index contributed by atoms with van der Waals surface area (Å²) < 4.78 is 5.75. The van der Waals surface area contributed by atoms with Crippen LogP contribution in [-0.2, 0) is 11.2 Å². The van der Waals surface area contributed by atoms with Gasteiger partial charge in [-0.05, 0) is 47.7 Å². The van der Waals surface area contributed by atoms with Crippen LogP contribution in [0.3, 0.4) is 0 Å². The van der Waals surface area contributed by atoms with E-state index in [0.29, 0.717) is 32.0 Å². The van der Waals surface area contributed by atoms with E-state index in [1.807, 2.05) is 23.2 Å². The average molecular weight is 335 g/mol. The summed E-state index contributed by atoms with van der Waals surface area (Å²) in [4.78, 5) is 22.0. The van der Waals surface area contributed by atoms with E-state index in [4.69, 9.17) is 4.74 Å². The lowest BCUT2D eigenvalue weighted by Gasteiger charge is -2.23. The second kappa shape index (κ2) is 7.07. The van der Waals surface area contributed by atoms with Gasteiger partial charge in [-0.1, -0.05) is 12.1 Å². The van der Waals surface area contributed by atoms with Crippen LogP contribution in [0.2, 0.25) is 0 Å². The molecule has 0 spiro atoms. The number of carbonyl (C=O) groups is 1. The number of pyridine rings is 1. The first-order chi connectivity index (χ1) is 12.3. The van der Waals surface area contributed by atoms with E-state index in [1.165, 1.54) is 10.9 Å². The van der Waals surface area contributed by atoms with Gasteiger partial charge in [-0.2, -0.15) is 0 Å². The number of hydrogen-bond donors (Lipinski definition) is 1. The number of ether oxygens (including phenoxy) is 1. The molecule has 5 heteroatoms. The molecule has 1 atom stereocenters. The molecule has 0 saturated carbocycles. The molecule has 0 radical (unpaired) electrons. The lowest BCUT2D eigenvalue weighted by Crippen LogP contribution is -2.36. The molecule has 1 aliphatic heterocycles. The van der Waals surface area contributed by atoms with Crippen LogP contribution in [0, 0.1) is 5.92 Å². The summed E-state index contributed by atoms with van der Waals surface area (Å²) in [6.07, 6.45) is 4.51. The van der Waals surface area contributed by atoms with Gasteiger partial charge in [0.15, 0.2) is 0 Å². The predicted octanol–water partition coefficient (Wildman–Crippen LogP) is 2.89. The first-order valence-corrected chi connectivity index (χ1v) is 8.64. The molecular weight excluding hydrogens is 314 g/mol. The van der Waals surface area contributed by atoms with Gasteiger partial charge in [0.2, 0.25) is 0 Å². The van der Waals surface area contributed by atoms with Crippen LogP contribution >= 0.6 is 0 Å². The highest BCUT2D eigenvalue weighted by molar-refractivity contribution is 5.92. The number of rotatable bonds is 3. The van der Waals surface area contributed by atoms with E-state index in [9.17, 15) is 4.79 Å². The summed E-state index contributed by atoms with van der Waals surface area (Å²) in [6, 6.07) is 14.0. The number of amides is 1.